The Morgan fingerprint density at radius 2 is 1.87 bits per heavy atom. The van der Waals surface area contributed by atoms with Gasteiger partial charge in [0.25, 0.3) is 5.56 Å². The Kier molecular flexibility index (Phi) is 7.86. The highest BCUT2D eigenvalue weighted by atomic mass is 16.5. The molecule has 0 bridgehead atoms. The maximum absolute atomic E-state index is 12.9. The van der Waals surface area contributed by atoms with Crippen molar-refractivity contribution in [2.24, 2.45) is 0 Å². The lowest BCUT2D eigenvalue weighted by molar-refractivity contribution is -0.143. The van der Waals surface area contributed by atoms with E-state index in [2.05, 4.69) is 24.0 Å². The van der Waals surface area contributed by atoms with Crippen LogP contribution >= 0.6 is 0 Å². The van der Waals surface area contributed by atoms with Crippen molar-refractivity contribution in [3.63, 3.8) is 0 Å². The number of benzene rings is 2. The van der Waals surface area contributed by atoms with E-state index in [1.165, 1.54) is 5.56 Å². The van der Waals surface area contributed by atoms with Gasteiger partial charge in [0, 0.05) is 36.5 Å². The third kappa shape index (κ3) is 6.09. The van der Waals surface area contributed by atoms with E-state index in [1.54, 1.807) is 4.57 Å². The normalized spacial score (nSPS) is 10.4. The lowest BCUT2D eigenvalue weighted by Gasteiger charge is -2.08. The molecule has 0 radical (unpaired) electrons. The molecule has 1 aromatic heterocycles. The molecule has 0 spiro atoms. The van der Waals surface area contributed by atoms with E-state index in [9.17, 15) is 9.59 Å². The molecule has 0 amide bonds. The fraction of sp³-hybridized carbons (Fsp3) is 0.308. The van der Waals surface area contributed by atoms with Crippen molar-refractivity contribution in [3.05, 3.63) is 82.3 Å². The van der Waals surface area contributed by atoms with Crippen LogP contribution in [0.2, 0.25) is 0 Å². The van der Waals surface area contributed by atoms with Crippen LogP contribution in [0.4, 0.5) is 0 Å². The monoisotopic (exact) mass is 401 g/mol. The molecular formula is C26H27NO3. The summed E-state index contributed by atoms with van der Waals surface area (Å²) < 4.78 is 6.68. The highest BCUT2D eigenvalue weighted by Crippen LogP contribution is 2.12. The summed E-state index contributed by atoms with van der Waals surface area (Å²) in [5.41, 5.74) is 2.03. The second-order valence-electron chi connectivity index (χ2n) is 7.20. The standard InChI is InChI=1S/C26H27NO3/c1-2-30-25(28)14-7-4-8-18-27-19-17-23-16-15-22(20-24(23)26(27)29)13-9-12-21-10-5-3-6-11-21/h3,5-6,10-11,15-17,19-20H,2,4,7-8,12,14,18H2,1H3. The molecule has 4 nitrogen and oxygen atoms in total. The van der Waals surface area contributed by atoms with Gasteiger partial charge in [-0.15, -0.1) is 0 Å². The molecule has 4 heteroatoms. The van der Waals surface area contributed by atoms with Crippen LogP contribution in [-0.2, 0) is 22.5 Å². The Labute approximate surface area is 177 Å². The predicted octanol–water partition coefficient (Wildman–Crippen LogP) is 4.72. The number of hydrogen-bond donors (Lipinski definition) is 0. The van der Waals surface area contributed by atoms with Crippen molar-refractivity contribution < 1.29 is 9.53 Å². The summed E-state index contributed by atoms with van der Waals surface area (Å²) in [6.07, 6.45) is 5.48. The third-order valence-corrected chi connectivity index (χ3v) is 4.93. The van der Waals surface area contributed by atoms with Crippen molar-refractivity contribution in [3.8, 4) is 11.8 Å². The first-order chi connectivity index (χ1) is 14.7. The summed E-state index contributed by atoms with van der Waals surface area (Å²) in [7, 11) is 0. The molecule has 30 heavy (non-hydrogen) atoms. The molecule has 0 aliphatic heterocycles. The Balaban J connectivity index is 1.63. The minimum absolute atomic E-state index is 0.00426. The van der Waals surface area contributed by atoms with Crippen LogP contribution in [0, 0.1) is 11.8 Å². The van der Waals surface area contributed by atoms with Crippen molar-refractivity contribution in [2.75, 3.05) is 6.61 Å². The fourth-order valence-corrected chi connectivity index (χ4v) is 3.34. The first-order valence-corrected chi connectivity index (χ1v) is 10.5. The Morgan fingerprint density at radius 1 is 1.03 bits per heavy atom. The number of hydrogen-bond acceptors (Lipinski definition) is 3. The first-order valence-electron chi connectivity index (χ1n) is 10.5. The van der Waals surface area contributed by atoms with E-state index < -0.39 is 0 Å². The van der Waals surface area contributed by atoms with Gasteiger partial charge in [0.2, 0.25) is 0 Å². The van der Waals surface area contributed by atoms with Crippen molar-refractivity contribution in [1.82, 2.24) is 4.57 Å². The van der Waals surface area contributed by atoms with Crippen LogP contribution < -0.4 is 5.56 Å². The first kappa shape index (κ1) is 21.4. The maximum Gasteiger partial charge on any atom is 0.305 e. The number of aryl methyl sites for hydroxylation is 1. The topological polar surface area (TPSA) is 48.3 Å². The van der Waals surface area contributed by atoms with Gasteiger partial charge >= 0.3 is 5.97 Å². The number of carbonyl (C=O) groups excluding carboxylic acids is 1. The largest absolute Gasteiger partial charge is 0.466 e. The minimum Gasteiger partial charge on any atom is -0.466 e. The molecule has 2 aromatic carbocycles. The van der Waals surface area contributed by atoms with E-state index in [0.717, 1.165) is 30.2 Å². The molecule has 154 valence electrons. The molecular weight excluding hydrogens is 374 g/mol. The average Bonchev–Trinajstić information content (AvgIpc) is 2.76. The molecule has 3 rings (SSSR count). The molecule has 0 saturated carbocycles. The van der Waals surface area contributed by atoms with Gasteiger partial charge in [-0.3, -0.25) is 9.59 Å². The number of unbranched alkanes of at least 4 members (excludes halogenated alkanes) is 2. The Morgan fingerprint density at radius 3 is 2.67 bits per heavy atom. The number of ether oxygens (including phenoxy) is 1. The van der Waals surface area contributed by atoms with Gasteiger partial charge < -0.3 is 9.30 Å². The zero-order valence-corrected chi connectivity index (χ0v) is 17.4. The molecule has 0 fully saturated rings. The maximum atomic E-state index is 12.9. The second-order valence-corrected chi connectivity index (χ2v) is 7.20. The quantitative estimate of drug-likeness (QED) is 0.312. The molecule has 1 heterocycles. The van der Waals surface area contributed by atoms with E-state index in [-0.39, 0.29) is 11.5 Å². The number of nitrogens with zero attached hydrogens (tertiary/aromatic N) is 1. The smallest absolute Gasteiger partial charge is 0.305 e. The van der Waals surface area contributed by atoms with Gasteiger partial charge in [0.1, 0.15) is 0 Å². The van der Waals surface area contributed by atoms with Gasteiger partial charge in [-0.1, -0.05) is 54.7 Å². The summed E-state index contributed by atoms with van der Waals surface area (Å²) in [5, 5.41) is 1.61. The van der Waals surface area contributed by atoms with Crippen molar-refractivity contribution >= 4 is 16.7 Å². The molecule has 0 atom stereocenters. The third-order valence-electron chi connectivity index (χ3n) is 4.93. The van der Waals surface area contributed by atoms with E-state index in [0.29, 0.717) is 31.4 Å². The number of aromatic nitrogens is 1. The lowest BCUT2D eigenvalue weighted by Crippen LogP contribution is -2.19. The van der Waals surface area contributed by atoms with Gasteiger partial charge in [-0.05, 0) is 48.9 Å². The van der Waals surface area contributed by atoms with E-state index in [1.807, 2.05) is 55.6 Å². The number of fused-ring (bicyclic) bond motifs is 1. The Bertz CT molecular complexity index is 1100. The Hall–Kier alpha value is -3.32. The number of rotatable bonds is 8. The summed E-state index contributed by atoms with van der Waals surface area (Å²) in [6.45, 7) is 2.87. The number of carbonyl (C=O) groups is 1. The van der Waals surface area contributed by atoms with Crippen LogP contribution in [-0.4, -0.2) is 17.1 Å². The van der Waals surface area contributed by atoms with Crippen LogP contribution in [0.15, 0.2) is 65.6 Å². The summed E-state index contributed by atoms with van der Waals surface area (Å²) in [4.78, 5) is 24.2. The summed E-state index contributed by atoms with van der Waals surface area (Å²) in [6, 6.07) is 17.9. The molecule has 0 saturated heterocycles. The SMILES string of the molecule is CCOC(=O)CCCCCn1ccc2ccc(C#CCc3ccccc3)cc2c1=O. The van der Waals surface area contributed by atoms with Gasteiger partial charge in [0.05, 0.1) is 6.61 Å². The van der Waals surface area contributed by atoms with E-state index in [4.69, 9.17) is 4.74 Å². The van der Waals surface area contributed by atoms with Crippen LogP contribution in [0.1, 0.15) is 43.7 Å². The fourth-order valence-electron chi connectivity index (χ4n) is 3.34. The van der Waals surface area contributed by atoms with Crippen molar-refractivity contribution in [2.45, 2.75) is 45.6 Å². The zero-order valence-electron chi connectivity index (χ0n) is 17.4. The molecule has 0 unspecified atom stereocenters. The molecule has 0 aliphatic rings. The molecule has 0 aliphatic carbocycles. The van der Waals surface area contributed by atoms with Crippen LogP contribution in [0.25, 0.3) is 10.8 Å². The van der Waals surface area contributed by atoms with Gasteiger partial charge in [-0.25, -0.2) is 0 Å². The average molecular weight is 402 g/mol. The predicted molar refractivity (Wildman–Crippen MR) is 120 cm³/mol. The lowest BCUT2D eigenvalue weighted by atomic mass is 10.1. The molecule has 3 aromatic rings. The zero-order chi connectivity index (χ0) is 21.2. The highest BCUT2D eigenvalue weighted by Gasteiger charge is 2.05. The van der Waals surface area contributed by atoms with Crippen molar-refractivity contribution in [1.29, 1.82) is 0 Å². The molecule has 0 N–H and O–H groups in total. The highest BCUT2D eigenvalue weighted by molar-refractivity contribution is 5.82. The van der Waals surface area contributed by atoms with Crippen LogP contribution in [0.5, 0.6) is 0 Å². The van der Waals surface area contributed by atoms with Crippen LogP contribution in [0.3, 0.4) is 0 Å². The van der Waals surface area contributed by atoms with E-state index >= 15 is 0 Å². The number of esters is 1. The van der Waals surface area contributed by atoms with Gasteiger partial charge in [0.15, 0.2) is 0 Å². The summed E-state index contributed by atoms with van der Waals surface area (Å²) in [5.74, 6) is 6.21. The minimum atomic E-state index is -0.152. The summed E-state index contributed by atoms with van der Waals surface area (Å²) >= 11 is 0. The van der Waals surface area contributed by atoms with Gasteiger partial charge in [-0.2, -0.15) is 0 Å². The second kappa shape index (κ2) is 11.0. The number of pyridine rings is 1.